The first-order valence-corrected chi connectivity index (χ1v) is 6.57. The molecular weight excluding hydrogens is 242 g/mol. The van der Waals surface area contributed by atoms with E-state index in [1.54, 1.807) is 0 Å². The number of aliphatic hydroxyl groups excluding tert-OH is 1. The van der Waals surface area contributed by atoms with Gasteiger partial charge in [-0.05, 0) is 23.3 Å². The Morgan fingerprint density at radius 3 is 3.12 bits per heavy atom. The molecule has 17 heavy (non-hydrogen) atoms. The van der Waals surface area contributed by atoms with E-state index < -0.39 is 0 Å². The third-order valence-corrected chi connectivity index (χ3v) is 3.27. The molecule has 1 aliphatic rings. The molecule has 1 aromatic rings. The molecule has 0 spiro atoms. The van der Waals surface area contributed by atoms with Crippen molar-refractivity contribution in [3.63, 3.8) is 0 Å². The number of nitrogens with one attached hydrogen (secondary N) is 1. The second-order valence-corrected chi connectivity index (χ2v) is 4.91. The predicted octanol–water partition coefficient (Wildman–Crippen LogP) is -0.574. The SMILES string of the molecule is O=C(CCSc1nnnn1CCO)NC1CC1. The van der Waals surface area contributed by atoms with Crippen molar-refractivity contribution in [2.24, 2.45) is 0 Å². The summed E-state index contributed by atoms with van der Waals surface area (Å²) in [6.07, 6.45) is 2.68. The van der Waals surface area contributed by atoms with Crippen LogP contribution in [-0.2, 0) is 11.3 Å². The molecule has 0 aromatic carbocycles. The second-order valence-electron chi connectivity index (χ2n) is 3.85. The highest BCUT2D eigenvalue weighted by Gasteiger charge is 2.22. The van der Waals surface area contributed by atoms with Crippen LogP contribution in [-0.4, -0.2) is 49.6 Å². The maximum Gasteiger partial charge on any atom is 0.221 e. The molecule has 0 unspecified atom stereocenters. The average Bonchev–Trinajstić information content (AvgIpc) is 3.00. The van der Waals surface area contributed by atoms with Crippen LogP contribution >= 0.6 is 11.8 Å². The Labute approximate surface area is 103 Å². The number of aromatic nitrogens is 4. The number of hydrogen-bond donors (Lipinski definition) is 2. The van der Waals surface area contributed by atoms with Gasteiger partial charge in [-0.2, -0.15) is 0 Å². The lowest BCUT2D eigenvalue weighted by Crippen LogP contribution is -2.25. The third-order valence-electron chi connectivity index (χ3n) is 2.31. The van der Waals surface area contributed by atoms with Gasteiger partial charge in [-0.1, -0.05) is 11.8 Å². The van der Waals surface area contributed by atoms with Crippen LogP contribution in [0.15, 0.2) is 5.16 Å². The number of thioether (sulfide) groups is 1. The fourth-order valence-electron chi connectivity index (χ4n) is 1.30. The number of aliphatic hydroxyl groups is 1. The zero-order chi connectivity index (χ0) is 12.1. The number of nitrogens with zero attached hydrogens (tertiary/aromatic N) is 4. The smallest absolute Gasteiger partial charge is 0.221 e. The summed E-state index contributed by atoms with van der Waals surface area (Å²) in [4.78, 5) is 11.4. The van der Waals surface area contributed by atoms with Crippen molar-refractivity contribution in [2.75, 3.05) is 12.4 Å². The van der Waals surface area contributed by atoms with Gasteiger partial charge in [0, 0.05) is 18.2 Å². The lowest BCUT2D eigenvalue weighted by molar-refractivity contribution is -0.120. The van der Waals surface area contributed by atoms with Gasteiger partial charge >= 0.3 is 0 Å². The van der Waals surface area contributed by atoms with E-state index in [1.165, 1.54) is 16.4 Å². The predicted molar refractivity (Wildman–Crippen MR) is 61.4 cm³/mol. The number of rotatable bonds is 7. The molecule has 2 rings (SSSR count). The van der Waals surface area contributed by atoms with E-state index in [1.807, 2.05) is 0 Å². The van der Waals surface area contributed by atoms with Crippen LogP contribution in [0.2, 0.25) is 0 Å². The molecule has 2 N–H and O–H groups in total. The van der Waals surface area contributed by atoms with Gasteiger partial charge in [0.25, 0.3) is 0 Å². The largest absolute Gasteiger partial charge is 0.394 e. The number of carbonyl (C=O) groups excluding carboxylic acids is 1. The zero-order valence-electron chi connectivity index (χ0n) is 9.37. The van der Waals surface area contributed by atoms with Crippen molar-refractivity contribution in [1.82, 2.24) is 25.5 Å². The van der Waals surface area contributed by atoms with Crippen molar-refractivity contribution < 1.29 is 9.90 Å². The summed E-state index contributed by atoms with van der Waals surface area (Å²) in [5.74, 6) is 0.728. The Balaban J connectivity index is 1.69. The summed E-state index contributed by atoms with van der Waals surface area (Å²) >= 11 is 1.42. The molecular formula is C9H15N5O2S. The molecule has 1 aliphatic carbocycles. The van der Waals surface area contributed by atoms with E-state index in [0.29, 0.717) is 29.9 Å². The number of amides is 1. The van der Waals surface area contributed by atoms with Crippen molar-refractivity contribution in [3.8, 4) is 0 Å². The molecule has 0 saturated heterocycles. The van der Waals surface area contributed by atoms with Gasteiger partial charge < -0.3 is 10.4 Å². The summed E-state index contributed by atoms with van der Waals surface area (Å²) in [5, 5.41) is 23.4. The minimum Gasteiger partial charge on any atom is -0.394 e. The van der Waals surface area contributed by atoms with E-state index in [0.717, 1.165) is 12.8 Å². The fourth-order valence-corrected chi connectivity index (χ4v) is 2.14. The first kappa shape index (κ1) is 12.3. The monoisotopic (exact) mass is 257 g/mol. The molecule has 1 saturated carbocycles. The molecule has 94 valence electrons. The summed E-state index contributed by atoms with van der Waals surface area (Å²) in [6, 6.07) is 0.409. The second kappa shape index (κ2) is 5.97. The summed E-state index contributed by atoms with van der Waals surface area (Å²) in [6.45, 7) is 0.379. The van der Waals surface area contributed by atoms with Crippen LogP contribution in [0.1, 0.15) is 19.3 Å². The van der Waals surface area contributed by atoms with E-state index in [2.05, 4.69) is 20.8 Å². The Morgan fingerprint density at radius 2 is 2.41 bits per heavy atom. The van der Waals surface area contributed by atoms with Crippen LogP contribution in [0, 0.1) is 0 Å². The normalized spacial score (nSPS) is 14.9. The Kier molecular flexibility index (Phi) is 4.32. The Hall–Kier alpha value is -1.15. The lowest BCUT2D eigenvalue weighted by Gasteiger charge is -2.03. The first-order valence-electron chi connectivity index (χ1n) is 5.59. The van der Waals surface area contributed by atoms with Crippen LogP contribution in [0.3, 0.4) is 0 Å². The van der Waals surface area contributed by atoms with E-state index >= 15 is 0 Å². The summed E-state index contributed by atoms with van der Waals surface area (Å²) in [7, 11) is 0. The van der Waals surface area contributed by atoms with Crippen molar-refractivity contribution in [3.05, 3.63) is 0 Å². The highest BCUT2D eigenvalue weighted by molar-refractivity contribution is 7.99. The van der Waals surface area contributed by atoms with Crippen molar-refractivity contribution in [2.45, 2.75) is 37.0 Å². The van der Waals surface area contributed by atoms with Crippen LogP contribution < -0.4 is 5.32 Å². The minimum absolute atomic E-state index is 0.000760. The van der Waals surface area contributed by atoms with Crippen LogP contribution in [0.4, 0.5) is 0 Å². The molecule has 7 nitrogen and oxygen atoms in total. The van der Waals surface area contributed by atoms with Gasteiger partial charge in [0.1, 0.15) is 0 Å². The van der Waals surface area contributed by atoms with Crippen molar-refractivity contribution >= 4 is 17.7 Å². The number of hydrogen-bond acceptors (Lipinski definition) is 6. The average molecular weight is 257 g/mol. The van der Waals surface area contributed by atoms with E-state index in [4.69, 9.17) is 5.11 Å². The topological polar surface area (TPSA) is 92.9 Å². The fraction of sp³-hybridized carbons (Fsp3) is 0.778. The quantitative estimate of drug-likeness (QED) is 0.635. The maximum absolute atomic E-state index is 11.4. The molecule has 1 aromatic heterocycles. The molecule has 1 fully saturated rings. The van der Waals surface area contributed by atoms with Crippen LogP contribution in [0.25, 0.3) is 0 Å². The molecule has 1 heterocycles. The lowest BCUT2D eigenvalue weighted by atomic mass is 10.4. The standard InChI is InChI=1S/C9H15N5O2S/c15-5-4-14-9(11-12-13-14)17-6-3-8(16)10-7-1-2-7/h7,15H,1-6H2,(H,10,16). The van der Waals surface area contributed by atoms with Gasteiger partial charge in [0.05, 0.1) is 13.2 Å². The van der Waals surface area contributed by atoms with Gasteiger partial charge in [-0.3, -0.25) is 4.79 Å². The molecule has 8 heteroatoms. The van der Waals surface area contributed by atoms with Gasteiger partial charge in [-0.25, -0.2) is 4.68 Å². The third kappa shape index (κ3) is 3.97. The Morgan fingerprint density at radius 1 is 1.59 bits per heavy atom. The molecule has 0 aliphatic heterocycles. The Bertz CT molecular complexity index is 379. The minimum atomic E-state index is 0.000760. The van der Waals surface area contributed by atoms with E-state index in [9.17, 15) is 4.79 Å². The van der Waals surface area contributed by atoms with Gasteiger partial charge in [0.15, 0.2) is 0 Å². The first-order chi connectivity index (χ1) is 8.29. The zero-order valence-corrected chi connectivity index (χ0v) is 10.2. The summed E-state index contributed by atoms with van der Waals surface area (Å²) < 4.78 is 1.53. The van der Waals surface area contributed by atoms with Crippen molar-refractivity contribution in [1.29, 1.82) is 0 Å². The van der Waals surface area contributed by atoms with Gasteiger partial charge in [0.2, 0.25) is 11.1 Å². The molecule has 1 amide bonds. The number of carbonyl (C=O) groups is 1. The van der Waals surface area contributed by atoms with E-state index in [-0.39, 0.29) is 12.5 Å². The number of tetrazole rings is 1. The van der Waals surface area contributed by atoms with Crippen LogP contribution in [0.5, 0.6) is 0 Å². The highest BCUT2D eigenvalue weighted by atomic mass is 32.2. The molecule has 0 atom stereocenters. The maximum atomic E-state index is 11.4. The molecule has 0 radical (unpaired) electrons. The summed E-state index contributed by atoms with van der Waals surface area (Å²) in [5.41, 5.74) is 0. The highest BCUT2D eigenvalue weighted by Crippen LogP contribution is 2.19. The molecule has 0 bridgehead atoms. The van der Waals surface area contributed by atoms with Gasteiger partial charge in [-0.15, -0.1) is 5.10 Å².